The Morgan fingerprint density at radius 3 is 2.37 bits per heavy atom. The molecule has 30 heavy (non-hydrogen) atoms. The highest BCUT2D eigenvalue weighted by Gasteiger charge is 2.49. The Morgan fingerprint density at radius 1 is 0.933 bits per heavy atom. The Kier molecular flexibility index (Phi) is 4.35. The average molecular weight is 400 g/mol. The molecule has 0 bridgehead atoms. The van der Waals surface area contributed by atoms with Gasteiger partial charge in [-0.15, -0.1) is 0 Å². The molecule has 1 amide bonds. The summed E-state index contributed by atoms with van der Waals surface area (Å²) >= 11 is 0. The Hall–Kier alpha value is -3.87. The Labute approximate surface area is 173 Å². The molecule has 5 rings (SSSR count). The molecule has 3 aromatic rings. The number of para-hydroxylation sites is 2. The molecule has 7 heteroatoms. The van der Waals surface area contributed by atoms with Crippen LogP contribution in [0.15, 0.2) is 78.9 Å². The van der Waals surface area contributed by atoms with Gasteiger partial charge in [-0.05, 0) is 54.3 Å². The molecule has 150 valence electrons. The highest BCUT2D eigenvalue weighted by atomic mass is 16.6. The number of nitro groups is 1. The minimum Gasteiger partial charge on any atom is -0.333 e. The van der Waals surface area contributed by atoms with Crippen molar-refractivity contribution in [2.75, 3.05) is 10.3 Å². The highest BCUT2D eigenvalue weighted by Crippen LogP contribution is 2.44. The second kappa shape index (κ2) is 7.18. The van der Waals surface area contributed by atoms with E-state index in [0.29, 0.717) is 0 Å². The van der Waals surface area contributed by atoms with Crippen molar-refractivity contribution >= 4 is 23.0 Å². The van der Waals surface area contributed by atoms with Gasteiger partial charge in [-0.2, -0.15) is 0 Å². The summed E-state index contributed by atoms with van der Waals surface area (Å²) in [6.07, 6.45) is 1.16. The summed E-state index contributed by atoms with van der Waals surface area (Å²) in [7, 11) is 0. The number of rotatable bonds is 4. The van der Waals surface area contributed by atoms with Crippen molar-refractivity contribution in [3.63, 3.8) is 0 Å². The number of hydrazine groups is 1. The SMILES string of the molecule is O=C1[C@@H]2CCc3ccccc3N2[C@@H](c2ccc([N+](=O)[O-])cc2)N1Nc1ccccc1. The molecule has 2 aliphatic heterocycles. The van der Waals surface area contributed by atoms with E-state index in [1.807, 2.05) is 48.5 Å². The van der Waals surface area contributed by atoms with Gasteiger partial charge in [-0.1, -0.05) is 36.4 Å². The number of anilines is 2. The number of carbonyl (C=O) groups excluding carboxylic acids is 1. The first-order chi connectivity index (χ1) is 14.6. The molecule has 0 aromatic heterocycles. The molecule has 1 N–H and O–H groups in total. The van der Waals surface area contributed by atoms with Crippen molar-refractivity contribution in [1.29, 1.82) is 0 Å². The van der Waals surface area contributed by atoms with Crippen LogP contribution in [0.3, 0.4) is 0 Å². The van der Waals surface area contributed by atoms with Crippen LogP contribution in [-0.2, 0) is 11.2 Å². The number of carbonyl (C=O) groups is 1. The zero-order chi connectivity index (χ0) is 20.7. The van der Waals surface area contributed by atoms with Crippen LogP contribution in [-0.4, -0.2) is 21.9 Å². The Morgan fingerprint density at radius 2 is 1.63 bits per heavy atom. The van der Waals surface area contributed by atoms with E-state index in [1.54, 1.807) is 17.1 Å². The minimum absolute atomic E-state index is 0.00305. The predicted molar refractivity (Wildman–Crippen MR) is 114 cm³/mol. The van der Waals surface area contributed by atoms with Crippen LogP contribution in [0.5, 0.6) is 0 Å². The third kappa shape index (κ3) is 2.95. The van der Waals surface area contributed by atoms with E-state index < -0.39 is 11.1 Å². The third-order valence-electron chi connectivity index (χ3n) is 5.75. The number of hydrogen-bond donors (Lipinski definition) is 1. The van der Waals surface area contributed by atoms with Gasteiger partial charge in [0.2, 0.25) is 0 Å². The van der Waals surface area contributed by atoms with Gasteiger partial charge in [-0.3, -0.25) is 20.3 Å². The average Bonchev–Trinajstić information content (AvgIpc) is 3.06. The number of nitro benzene ring substituents is 1. The lowest BCUT2D eigenvalue weighted by molar-refractivity contribution is -0.384. The highest BCUT2D eigenvalue weighted by molar-refractivity contribution is 5.92. The lowest BCUT2D eigenvalue weighted by atomic mass is 9.96. The van der Waals surface area contributed by atoms with E-state index in [9.17, 15) is 14.9 Å². The number of hydrogen-bond acceptors (Lipinski definition) is 5. The van der Waals surface area contributed by atoms with E-state index >= 15 is 0 Å². The van der Waals surface area contributed by atoms with Crippen molar-refractivity contribution in [2.24, 2.45) is 0 Å². The van der Waals surface area contributed by atoms with Crippen molar-refractivity contribution in [2.45, 2.75) is 25.0 Å². The summed E-state index contributed by atoms with van der Waals surface area (Å²) in [5, 5.41) is 12.8. The molecule has 7 nitrogen and oxygen atoms in total. The van der Waals surface area contributed by atoms with Gasteiger partial charge >= 0.3 is 0 Å². The molecule has 3 aromatic carbocycles. The lowest BCUT2D eigenvalue weighted by Crippen LogP contribution is -2.38. The van der Waals surface area contributed by atoms with Crippen LogP contribution in [0.1, 0.15) is 23.7 Å². The number of nitrogens with zero attached hydrogens (tertiary/aromatic N) is 3. The van der Waals surface area contributed by atoms with Gasteiger partial charge in [0.15, 0.2) is 6.17 Å². The number of amides is 1. The first-order valence-electron chi connectivity index (χ1n) is 9.89. The summed E-state index contributed by atoms with van der Waals surface area (Å²) < 4.78 is 0. The monoisotopic (exact) mass is 400 g/mol. The number of non-ortho nitro benzene ring substituents is 1. The molecule has 0 spiro atoms. The number of nitrogens with one attached hydrogen (secondary N) is 1. The molecule has 2 aliphatic rings. The van der Waals surface area contributed by atoms with Crippen LogP contribution in [0.25, 0.3) is 0 Å². The van der Waals surface area contributed by atoms with Gasteiger partial charge in [0.1, 0.15) is 6.04 Å². The van der Waals surface area contributed by atoms with Gasteiger partial charge in [-0.25, -0.2) is 5.01 Å². The fourth-order valence-corrected chi connectivity index (χ4v) is 4.37. The minimum atomic E-state index is -0.414. The van der Waals surface area contributed by atoms with Crippen LogP contribution in [0.4, 0.5) is 17.1 Å². The van der Waals surface area contributed by atoms with Crippen LogP contribution in [0.2, 0.25) is 0 Å². The molecule has 2 atom stereocenters. The van der Waals surface area contributed by atoms with E-state index in [-0.39, 0.29) is 17.6 Å². The van der Waals surface area contributed by atoms with E-state index in [2.05, 4.69) is 16.4 Å². The smallest absolute Gasteiger partial charge is 0.269 e. The van der Waals surface area contributed by atoms with Crippen molar-refractivity contribution < 1.29 is 9.72 Å². The number of fused-ring (bicyclic) bond motifs is 3. The van der Waals surface area contributed by atoms with Gasteiger partial charge < -0.3 is 4.90 Å². The molecular weight excluding hydrogens is 380 g/mol. The molecule has 0 unspecified atom stereocenters. The van der Waals surface area contributed by atoms with E-state index in [4.69, 9.17) is 0 Å². The van der Waals surface area contributed by atoms with Gasteiger partial charge in [0.25, 0.3) is 11.6 Å². The second-order valence-electron chi connectivity index (χ2n) is 7.50. The zero-order valence-electron chi connectivity index (χ0n) is 16.1. The predicted octanol–water partition coefficient (Wildman–Crippen LogP) is 4.28. The van der Waals surface area contributed by atoms with Gasteiger partial charge in [0.05, 0.1) is 10.6 Å². The Balaban J connectivity index is 1.61. The third-order valence-corrected chi connectivity index (χ3v) is 5.75. The summed E-state index contributed by atoms with van der Waals surface area (Å²) in [6, 6.07) is 23.8. The molecule has 0 saturated carbocycles. The maximum Gasteiger partial charge on any atom is 0.269 e. The molecule has 1 saturated heterocycles. The first kappa shape index (κ1) is 18.2. The number of benzene rings is 3. The van der Waals surface area contributed by atoms with Crippen LogP contribution < -0.4 is 10.3 Å². The molecule has 2 heterocycles. The normalized spacial score (nSPS) is 19.9. The lowest BCUT2D eigenvalue weighted by Gasteiger charge is -2.37. The molecule has 0 aliphatic carbocycles. The largest absolute Gasteiger partial charge is 0.333 e. The number of aryl methyl sites for hydroxylation is 1. The summed E-state index contributed by atoms with van der Waals surface area (Å²) in [5.74, 6) is -0.00305. The fraction of sp³-hybridized carbons (Fsp3) is 0.174. The molecule has 1 fully saturated rings. The second-order valence-corrected chi connectivity index (χ2v) is 7.50. The van der Waals surface area contributed by atoms with E-state index in [0.717, 1.165) is 29.8 Å². The zero-order valence-corrected chi connectivity index (χ0v) is 16.1. The standard InChI is InChI=1S/C23H20N4O3/c28-23-21-15-12-16-6-4-5-9-20(16)25(21)22(17-10-13-19(14-11-17)27(29)30)26(23)24-18-7-2-1-3-8-18/h1-11,13-14,21-22,24H,12,15H2/t21-,22+/m0/s1. The van der Waals surface area contributed by atoms with Crippen molar-refractivity contribution in [3.05, 3.63) is 100 Å². The maximum atomic E-state index is 13.4. The molecule has 0 radical (unpaired) electrons. The quantitative estimate of drug-likeness (QED) is 0.522. The van der Waals surface area contributed by atoms with Gasteiger partial charge in [0, 0.05) is 17.8 Å². The van der Waals surface area contributed by atoms with Crippen molar-refractivity contribution in [3.8, 4) is 0 Å². The maximum absolute atomic E-state index is 13.4. The first-order valence-corrected chi connectivity index (χ1v) is 9.89. The topological polar surface area (TPSA) is 78.7 Å². The van der Waals surface area contributed by atoms with Crippen LogP contribution in [0, 0.1) is 10.1 Å². The van der Waals surface area contributed by atoms with Crippen molar-refractivity contribution in [1.82, 2.24) is 5.01 Å². The summed E-state index contributed by atoms with van der Waals surface area (Å²) in [6.45, 7) is 0. The van der Waals surface area contributed by atoms with Crippen LogP contribution >= 0.6 is 0 Å². The molecular formula is C23H20N4O3. The summed E-state index contributed by atoms with van der Waals surface area (Å²) in [4.78, 5) is 26.3. The Bertz CT molecular complexity index is 1100. The fourth-order valence-electron chi connectivity index (χ4n) is 4.37. The van der Waals surface area contributed by atoms with E-state index in [1.165, 1.54) is 17.7 Å². The summed E-state index contributed by atoms with van der Waals surface area (Å²) in [5.41, 5.74) is 7.16.